The predicted molar refractivity (Wildman–Crippen MR) is 173 cm³/mol. The molecule has 1 amide bonds. The Kier molecular flexibility index (Phi) is 12.7. The predicted octanol–water partition coefficient (Wildman–Crippen LogP) is 2.47. The number of nitrogens with two attached hydrogens (primary N) is 2. The van der Waals surface area contributed by atoms with Crippen LogP contribution in [0.4, 0.5) is 17.5 Å². The Morgan fingerprint density at radius 1 is 0.978 bits per heavy atom. The van der Waals surface area contributed by atoms with Gasteiger partial charge in [0.05, 0.1) is 29.4 Å². The lowest BCUT2D eigenvalue weighted by Crippen LogP contribution is -2.42. The van der Waals surface area contributed by atoms with Crippen molar-refractivity contribution < 1.29 is 32.3 Å². The SMILES string of the molecule is CCOC(=O)CC[C@@H](NC(=O)c1ccc(N(CCCCc2c(N)nc(N)[nH]c2=O)S(=O)(=O)c2ccc(C)cc2)cc1)C(=O)OCC. The van der Waals surface area contributed by atoms with E-state index in [0.29, 0.717) is 18.5 Å². The number of amides is 1. The number of aryl methyl sites for hydroxylation is 1. The summed E-state index contributed by atoms with van der Waals surface area (Å²) in [6.07, 6.45) is 0.911. The summed E-state index contributed by atoms with van der Waals surface area (Å²) < 4.78 is 38.8. The molecular formula is C31H40N6O8S. The van der Waals surface area contributed by atoms with Crippen molar-refractivity contribution in [1.82, 2.24) is 15.3 Å². The van der Waals surface area contributed by atoms with Gasteiger partial charge < -0.3 is 26.3 Å². The largest absolute Gasteiger partial charge is 0.466 e. The molecule has 0 fully saturated rings. The van der Waals surface area contributed by atoms with E-state index in [4.69, 9.17) is 20.9 Å². The molecule has 0 radical (unpaired) electrons. The monoisotopic (exact) mass is 656 g/mol. The van der Waals surface area contributed by atoms with E-state index in [-0.39, 0.29) is 66.8 Å². The van der Waals surface area contributed by atoms with Crippen LogP contribution in [-0.4, -0.2) is 62.0 Å². The number of sulfonamides is 1. The van der Waals surface area contributed by atoms with Crippen LogP contribution in [0.2, 0.25) is 0 Å². The maximum atomic E-state index is 13.8. The lowest BCUT2D eigenvalue weighted by molar-refractivity contribution is -0.146. The number of H-pyrrole nitrogens is 1. The van der Waals surface area contributed by atoms with Gasteiger partial charge in [-0.3, -0.25) is 23.7 Å². The zero-order valence-corrected chi connectivity index (χ0v) is 26.9. The minimum Gasteiger partial charge on any atom is -0.466 e. The van der Waals surface area contributed by atoms with Gasteiger partial charge in [-0.05, 0) is 82.9 Å². The molecule has 1 aromatic heterocycles. The van der Waals surface area contributed by atoms with Crippen LogP contribution in [0.1, 0.15) is 61.0 Å². The lowest BCUT2D eigenvalue weighted by Gasteiger charge is -2.25. The van der Waals surface area contributed by atoms with Gasteiger partial charge in [-0.2, -0.15) is 4.98 Å². The second-order valence-electron chi connectivity index (χ2n) is 10.3. The molecule has 46 heavy (non-hydrogen) atoms. The Morgan fingerprint density at radius 3 is 2.24 bits per heavy atom. The first-order valence-electron chi connectivity index (χ1n) is 14.8. The molecule has 3 rings (SSSR count). The normalized spacial score (nSPS) is 11.8. The molecule has 1 heterocycles. The van der Waals surface area contributed by atoms with E-state index >= 15 is 0 Å². The number of hydrogen-bond donors (Lipinski definition) is 4. The molecule has 0 spiro atoms. The Hall–Kier alpha value is -4.92. The van der Waals surface area contributed by atoms with E-state index in [1.165, 1.54) is 40.7 Å². The smallest absolute Gasteiger partial charge is 0.328 e. The van der Waals surface area contributed by atoms with Gasteiger partial charge in [-0.1, -0.05) is 17.7 Å². The summed E-state index contributed by atoms with van der Waals surface area (Å²) in [6, 6.07) is 11.2. The van der Waals surface area contributed by atoms with E-state index in [0.717, 1.165) is 5.56 Å². The molecular weight excluding hydrogens is 616 g/mol. The maximum absolute atomic E-state index is 13.8. The van der Waals surface area contributed by atoms with Crippen LogP contribution in [0.25, 0.3) is 0 Å². The molecule has 6 N–H and O–H groups in total. The van der Waals surface area contributed by atoms with Crippen molar-refractivity contribution in [2.24, 2.45) is 0 Å². The van der Waals surface area contributed by atoms with Crippen molar-refractivity contribution in [3.63, 3.8) is 0 Å². The number of unbranched alkanes of at least 4 members (excludes halogenated alkanes) is 1. The number of aromatic amines is 1. The summed E-state index contributed by atoms with van der Waals surface area (Å²) in [5.74, 6) is -1.88. The molecule has 3 aromatic rings. The third-order valence-corrected chi connectivity index (χ3v) is 8.79. The van der Waals surface area contributed by atoms with Gasteiger partial charge in [0, 0.05) is 18.5 Å². The topological polar surface area (TPSA) is 217 Å². The fourth-order valence-electron chi connectivity index (χ4n) is 4.57. The highest BCUT2D eigenvalue weighted by atomic mass is 32.2. The zero-order chi connectivity index (χ0) is 33.9. The van der Waals surface area contributed by atoms with Crippen LogP contribution in [0, 0.1) is 6.92 Å². The van der Waals surface area contributed by atoms with Gasteiger partial charge in [0.15, 0.2) is 0 Å². The van der Waals surface area contributed by atoms with Crippen molar-refractivity contribution in [1.29, 1.82) is 0 Å². The van der Waals surface area contributed by atoms with Gasteiger partial charge in [0.25, 0.3) is 21.5 Å². The molecule has 0 bridgehead atoms. The molecule has 1 atom stereocenters. The molecule has 0 saturated carbocycles. The number of carbonyl (C=O) groups excluding carboxylic acids is 3. The zero-order valence-electron chi connectivity index (χ0n) is 26.1. The number of hydrogen-bond acceptors (Lipinski definition) is 11. The average molecular weight is 657 g/mol. The molecule has 0 aliphatic rings. The van der Waals surface area contributed by atoms with Crippen molar-refractivity contribution in [3.05, 3.63) is 75.6 Å². The lowest BCUT2D eigenvalue weighted by atomic mass is 10.1. The first kappa shape index (κ1) is 35.6. The third kappa shape index (κ3) is 9.54. The average Bonchev–Trinajstić information content (AvgIpc) is 3.00. The van der Waals surface area contributed by atoms with Gasteiger partial charge in [-0.25, -0.2) is 13.2 Å². The van der Waals surface area contributed by atoms with E-state index in [9.17, 15) is 27.6 Å². The Balaban J connectivity index is 1.81. The number of aromatic nitrogens is 2. The third-order valence-electron chi connectivity index (χ3n) is 6.95. The van der Waals surface area contributed by atoms with Gasteiger partial charge >= 0.3 is 11.9 Å². The molecule has 0 aliphatic carbocycles. The highest BCUT2D eigenvalue weighted by Crippen LogP contribution is 2.25. The quantitative estimate of drug-likeness (QED) is 0.130. The van der Waals surface area contributed by atoms with Gasteiger partial charge in [0.2, 0.25) is 5.95 Å². The van der Waals surface area contributed by atoms with Crippen LogP contribution in [0.5, 0.6) is 0 Å². The van der Waals surface area contributed by atoms with E-state index in [1.54, 1.807) is 26.0 Å². The highest BCUT2D eigenvalue weighted by Gasteiger charge is 2.27. The van der Waals surface area contributed by atoms with Crippen molar-refractivity contribution in [2.45, 2.75) is 63.8 Å². The molecule has 0 unspecified atom stereocenters. The molecule has 2 aromatic carbocycles. The minimum absolute atomic E-state index is 0.0188. The van der Waals surface area contributed by atoms with Gasteiger partial charge in [-0.15, -0.1) is 0 Å². The Bertz CT molecular complexity index is 1670. The number of nitrogens with zero attached hydrogens (tertiary/aromatic N) is 2. The first-order chi connectivity index (χ1) is 21.9. The minimum atomic E-state index is -4.02. The number of benzene rings is 2. The summed E-state index contributed by atoms with van der Waals surface area (Å²) in [5.41, 5.74) is 12.6. The number of ether oxygens (including phenoxy) is 2. The number of carbonyl (C=O) groups is 3. The molecule has 0 saturated heterocycles. The number of esters is 2. The molecule has 15 heteroatoms. The number of anilines is 3. The first-order valence-corrected chi connectivity index (χ1v) is 16.3. The van der Waals surface area contributed by atoms with Crippen LogP contribution >= 0.6 is 0 Å². The van der Waals surface area contributed by atoms with Crippen LogP contribution in [-0.2, 0) is 35.5 Å². The summed E-state index contributed by atoms with van der Waals surface area (Å²) >= 11 is 0. The maximum Gasteiger partial charge on any atom is 0.328 e. The van der Waals surface area contributed by atoms with Crippen LogP contribution in [0.3, 0.4) is 0 Å². The Morgan fingerprint density at radius 2 is 1.63 bits per heavy atom. The molecule has 14 nitrogen and oxygen atoms in total. The van der Waals surface area contributed by atoms with E-state index in [2.05, 4.69) is 15.3 Å². The second-order valence-corrected chi connectivity index (χ2v) is 12.2. The van der Waals surface area contributed by atoms with Crippen molar-refractivity contribution >= 4 is 45.3 Å². The highest BCUT2D eigenvalue weighted by molar-refractivity contribution is 7.92. The fourth-order valence-corrected chi connectivity index (χ4v) is 6.07. The van der Waals surface area contributed by atoms with Crippen molar-refractivity contribution in [2.75, 3.05) is 35.5 Å². The Labute approximate surface area is 267 Å². The van der Waals surface area contributed by atoms with E-state index < -0.39 is 39.5 Å². The standard InChI is InChI=1S/C31H40N6O8S/c1-4-44-26(38)18-17-25(30(41)45-5-2)34-28(39)21-11-13-22(14-12-21)37(46(42,43)23-15-9-20(3)10-16-23)19-7-6-8-24-27(32)35-31(33)36-29(24)40/h9-16,25H,4-8,17-19H2,1-3H3,(H,34,39)(H5,32,33,35,36,40)/t25-/m1/s1. The fraction of sp³-hybridized carbons (Fsp3) is 0.387. The van der Waals surface area contributed by atoms with Crippen LogP contribution in [0.15, 0.2) is 58.2 Å². The van der Waals surface area contributed by atoms with Crippen LogP contribution < -0.4 is 26.6 Å². The summed E-state index contributed by atoms with van der Waals surface area (Å²) in [4.78, 5) is 56.0. The van der Waals surface area contributed by atoms with E-state index in [1.807, 2.05) is 6.92 Å². The van der Waals surface area contributed by atoms with Crippen molar-refractivity contribution in [3.8, 4) is 0 Å². The second kappa shape index (κ2) is 16.4. The summed E-state index contributed by atoms with van der Waals surface area (Å²) in [5, 5.41) is 2.59. The molecule has 248 valence electrons. The summed E-state index contributed by atoms with van der Waals surface area (Å²) in [7, 11) is -4.02. The number of nitrogen functional groups attached to an aromatic ring is 2. The van der Waals surface area contributed by atoms with Gasteiger partial charge in [0.1, 0.15) is 11.9 Å². The molecule has 0 aliphatic heterocycles. The number of rotatable bonds is 16. The summed E-state index contributed by atoms with van der Waals surface area (Å²) in [6.45, 7) is 5.47. The number of nitrogens with one attached hydrogen (secondary N) is 2.